The van der Waals surface area contributed by atoms with Crippen LogP contribution in [0.15, 0.2) is 29.8 Å². The van der Waals surface area contributed by atoms with Crippen molar-refractivity contribution in [3.63, 3.8) is 0 Å². The number of nitrogens with zero attached hydrogens (tertiary/aromatic N) is 1. The van der Waals surface area contributed by atoms with Gasteiger partial charge in [-0.05, 0) is 25.5 Å². The number of hydrogen-bond acceptors (Lipinski definition) is 2. The second kappa shape index (κ2) is 4.38. The average molecular weight is 185 g/mol. The molecule has 0 saturated heterocycles. The van der Waals surface area contributed by atoms with E-state index in [1.165, 1.54) is 6.92 Å². The quantitative estimate of drug-likeness (QED) is 0.524. The van der Waals surface area contributed by atoms with Crippen LogP contribution in [0.1, 0.15) is 18.1 Å². The van der Waals surface area contributed by atoms with E-state index < -0.39 is 0 Å². The molecule has 0 atom stereocenters. The van der Waals surface area contributed by atoms with Crippen molar-refractivity contribution in [2.45, 2.75) is 13.8 Å². The Morgan fingerprint density at radius 1 is 1.36 bits per heavy atom. The van der Waals surface area contributed by atoms with Crippen molar-refractivity contribution in [1.29, 1.82) is 5.26 Å². The molecule has 0 aromatic heterocycles. The van der Waals surface area contributed by atoms with Gasteiger partial charge in [-0.15, -0.1) is 0 Å². The summed E-state index contributed by atoms with van der Waals surface area (Å²) in [6.07, 6.45) is 1.60. The van der Waals surface area contributed by atoms with Gasteiger partial charge in [-0.25, -0.2) is 0 Å². The van der Waals surface area contributed by atoms with Gasteiger partial charge in [0.15, 0.2) is 5.78 Å². The highest BCUT2D eigenvalue weighted by Gasteiger charge is 2.01. The number of aryl methyl sites for hydroxylation is 1. The van der Waals surface area contributed by atoms with Crippen LogP contribution in [-0.2, 0) is 4.79 Å². The van der Waals surface area contributed by atoms with Crippen molar-refractivity contribution >= 4 is 11.9 Å². The van der Waals surface area contributed by atoms with E-state index in [0.29, 0.717) is 0 Å². The molecule has 0 radical (unpaired) electrons. The molecule has 0 unspecified atom stereocenters. The zero-order chi connectivity index (χ0) is 10.6. The second-order valence-corrected chi connectivity index (χ2v) is 3.14. The van der Waals surface area contributed by atoms with Gasteiger partial charge in [0.1, 0.15) is 6.07 Å². The molecule has 0 bridgehead atoms. The van der Waals surface area contributed by atoms with Crippen molar-refractivity contribution in [2.75, 3.05) is 0 Å². The minimum Gasteiger partial charge on any atom is -0.294 e. The Balaban J connectivity index is 3.03. The number of carbonyl (C=O) groups excluding carboxylic acids is 1. The molecule has 14 heavy (non-hydrogen) atoms. The lowest BCUT2D eigenvalue weighted by atomic mass is 10.1. The van der Waals surface area contributed by atoms with Gasteiger partial charge in [0, 0.05) is 0 Å². The number of benzene rings is 1. The second-order valence-electron chi connectivity index (χ2n) is 3.14. The number of ketones is 1. The Kier molecular flexibility index (Phi) is 3.19. The zero-order valence-corrected chi connectivity index (χ0v) is 8.24. The number of rotatable bonds is 2. The number of carbonyl (C=O) groups is 1. The summed E-state index contributed by atoms with van der Waals surface area (Å²) in [6, 6.07) is 9.54. The fraction of sp³-hybridized carbons (Fsp3) is 0.167. The zero-order valence-electron chi connectivity index (χ0n) is 8.24. The maximum absolute atomic E-state index is 11.0. The molecule has 70 valence electrons. The molecule has 0 fully saturated rings. The highest BCUT2D eigenvalue weighted by atomic mass is 16.1. The van der Waals surface area contributed by atoms with E-state index in [0.717, 1.165) is 11.1 Å². The standard InChI is InChI=1S/C12H11NO/c1-9-3-5-11(6-4-9)7-12(8-13)10(2)14/h3-7H,1-2H3. The van der Waals surface area contributed by atoms with Crippen LogP contribution < -0.4 is 0 Å². The smallest absolute Gasteiger partial charge is 0.170 e. The minimum absolute atomic E-state index is 0.189. The van der Waals surface area contributed by atoms with Crippen LogP contribution in [0.4, 0.5) is 0 Å². The van der Waals surface area contributed by atoms with Gasteiger partial charge in [0.2, 0.25) is 0 Å². The van der Waals surface area contributed by atoms with Gasteiger partial charge in [0.05, 0.1) is 5.57 Å². The summed E-state index contributed by atoms with van der Waals surface area (Å²) >= 11 is 0. The van der Waals surface area contributed by atoms with Crippen molar-refractivity contribution in [3.05, 3.63) is 41.0 Å². The third-order valence-electron chi connectivity index (χ3n) is 1.89. The topological polar surface area (TPSA) is 40.9 Å². The first-order valence-corrected chi connectivity index (χ1v) is 4.33. The van der Waals surface area contributed by atoms with Crippen molar-refractivity contribution in [2.24, 2.45) is 0 Å². The summed E-state index contributed by atoms with van der Waals surface area (Å²) in [6.45, 7) is 3.38. The van der Waals surface area contributed by atoms with E-state index in [1.807, 2.05) is 37.3 Å². The van der Waals surface area contributed by atoms with E-state index in [2.05, 4.69) is 0 Å². The monoisotopic (exact) mass is 185 g/mol. The van der Waals surface area contributed by atoms with Crippen molar-refractivity contribution in [1.82, 2.24) is 0 Å². The van der Waals surface area contributed by atoms with Crippen LogP contribution in [0.3, 0.4) is 0 Å². The Labute approximate surface area is 83.5 Å². The van der Waals surface area contributed by atoms with Gasteiger partial charge in [0.25, 0.3) is 0 Å². The first-order chi connectivity index (χ1) is 6.63. The molecule has 1 aromatic carbocycles. The van der Waals surface area contributed by atoms with Gasteiger partial charge in [-0.1, -0.05) is 29.8 Å². The van der Waals surface area contributed by atoms with Crippen LogP contribution in [0.2, 0.25) is 0 Å². The fourth-order valence-electron chi connectivity index (χ4n) is 1.04. The summed E-state index contributed by atoms with van der Waals surface area (Å²) < 4.78 is 0. The molecule has 0 aliphatic rings. The van der Waals surface area contributed by atoms with E-state index in [1.54, 1.807) is 6.08 Å². The van der Waals surface area contributed by atoms with Gasteiger partial charge >= 0.3 is 0 Å². The summed E-state index contributed by atoms with van der Waals surface area (Å²) in [5.74, 6) is -0.201. The average Bonchev–Trinajstić information content (AvgIpc) is 2.16. The first-order valence-electron chi connectivity index (χ1n) is 4.33. The first kappa shape index (κ1) is 10.2. The molecule has 0 saturated carbocycles. The third kappa shape index (κ3) is 2.56. The van der Waals surface area contributed by atoms with E-state index in [-0.39, 0.29) is 11.4 Å². The van der Waals surface area contributed by atoms with Crippen molar-refractivity contribution in [3.8, 4) is 6.07 Å². The number of hydrogen-bond donors (Lipinski definition) is 0. The summed E-state index contributed by atoms with van der Waals surface area (Å²) in [7, 11) is 0. The van der Waals surface area contributed by atoms with Crippen molar-refractivity contribution < 1.29 is 4.79 Å². The summed E-state index contributed by atoms with van der Waals surface area (Å²) in [5, 5.41) is 8.67. The van der Waals surface area contributed by atoms with Crippen LogP contribution in [0.5, 0.6) is 0 Å². The highest BCUT2D eigenvalue weighted by Crippen LogP contribution is 2.08. The number of Topliss-reactive ketones (excluding diaryl/α,β-unsaturated/α-hetero) is 1. The molecular weight excluding hydrogens is 174 g/mol. The summed E-state index contributed by atoms with van der Waals surface area (Å²) in [5.41, 5.74) is 2.22. The summed E-state index contributed by atoms with van der Waals surface area (Å²) in [4.78, 5) is 11.0. The maximum Gasteiger partial charge on any atom is 0.170 e. The van der Waals surface area contributed by atoms with Crippen LogP contribution in [0, 0.1) is 18.3 Å². The van der Waals surface area contributed by atoms with E-state index in [4.69, 9.17) is 5.26 Å². The predicted molar refractivity (Wildman–Crippen MR) is 55.5 cm³/mol. The molecule has 2 nitrogen and oxygen atoms in total. The minimum atomic E-state index is -0.201. The van der Waals surface area contributed by atoms with Crippen LogP contribution in [-0.4, -0.2) is 5.78 Å². The molecule has 2 heteroatoms. The molecule has 0 spiro atoms. The molecule has 0 heterocycles. The van der Waals surface area contributed by atoms with Gasteiger partial charge in [-0.2, -0.15) is 5.26 Å². The predicted octanol–water partition coefficient (Wildman–Crippen LogP) is 2.49. The Hall–Kier alpha value is -1.88. The van der Waals surface area contributed by atoms with Gasteiger partial charge < -0.3 is 0 Å². The molecule has 1 aromatic rings. The van der Waals surface area contributed by atoms with Crippen LogP contribution >= 0.6 is 0 Å². The molecule has 0 aliphatic heterocycles. The normalized spacial score (nSPS) is 10.8. The number of nitriles is 1. The lowest BCUT2D eigenvalue weighted by Gasteiger charge is -1.95. The third-order valence-corrected chi connectivity index (χ3v) is 1.89. The molecule has 0 aliphatic carbocycles. The SMILES string of the molecule is CC(=O)C(C#N)=Cc1ccc(C)cc1. The molecule has 1 rings (SSSR count). The largest absolute Gasteiger partial charge is 0.294 e. The Morgan fingerprint density at radius 3 is 2.36 bits per heavy atom. The highest BCUT2D eigenvalue weighted by molar-refractivity contribution is 6.01. The van der Waals surface area contributed by atoms with E-state index >= 15 is 0 Å². The van der Waals surface area contributed by atoms with E-state index in [9.17, 15) is 4.79 Å². The Morgan fingerprint density at radius 2 is 1.93 bits per heavy atom. The van der Waals surface area contributed by atoms with Gasteiger partial charge in [-0.3, -0.25) is 4.79 Å². The fourth-order valence-corrected chi connectivity index (χ4v) is 1.04. The maximum atomic E-state index is 11.0. The van der Waals surface area contributed by atoms with Crippen LogP contribution in [0.25, 0.3) is 6.08 Å². The Bertz CT molecular complexity index is 407. The lowest BCUT2D eigenvalue weighted by Crippen LogP contribution is -1.92. The molecule has 0 N–H and O–H groups in total. The lowest BCUT2D eigenvalue weighted by molar-refractivity contribution is -0.113. The molecular formula is C12H11NO. The number of allylic oxidation sites excluding steroid dienone is 1. The molecule has 0 amide bonds.